The van der Waals surface area contributed by atoms with E-state index in [4.69, 9.17) is 5.73 Å². The Hall–Kier alpha value is -1.26. The van der Waals surface area contributed by atoms with E-state index in [1.807, 2.05) is 36.6 Å². The minimum Gasteiger partial charge on any atom is -0.379 e. The molecule has 2 rings (SSSR count). The van der Waals surface area contributed by atoms with Crippen molar-refractivity contribution < 1.29 is 0 Å². The lowest BCUT2D eigenvalue weighted by molar-refractivity contribution is 0.873. The Morgan fingerprint density at radius 1 is 1.11 bits per heavy atom. The second-order valence-corrected chi connectivity index (χ2v) is 5.78. The monoisotopic (exact) mass is 334 g/mol. The van der Waals surface area contributed by atoms with Crippen LogP contribution in [-0.2, 0) is 0 Å². The Bertz CT molecular complexity index is 569. The molecule has 98 valence electrons. The summed E-state index contributed by atoms with van der Waals surface area (Å²) >= 11 is 4.96. The first-order valence-corrected chi connectivity index (χ1v) is 7.90. The van der Waals surface area contributed by atoms with Gasteiger partial charge < -0.3 is 5.73 Å². The quantitative estimate of drug-likeness (QED) is 0.674. The predicted molar refractivity (Wildman–Crippen MR) is 87.6 cm³/mol. The molecule has 0 aliphatic heterocycles. The van der Waals surface area contributed by atoms with Crippen LogP contribution in [0.25, 0.3) is 0 Å². The molecule has 2 N–H and O–H groups in total. The highest BCUT2D eigenvalue weighted by atomic mass is 79.9. The molecule has 2 nitrogen and oxygen atoms in total. The Kier molecular flexibility index (Phi) is 5.05. The van der Waals surface area contributed by atoms with Crippen molar-refractivity contribution in [2.75, 3.05) is 6.26 Å². The zero-order valence-electron chi connectivity index (χ0n) is 10.6. The van der Waals surface area contributed by atoms with E-state index in [0.717, 1.165) is 15.6 Å². The number of aliphatic imine (C=N–C) groups is 1. The number of amidine groups is 1. The van der Waals surface area contributed by atoms with E-state index in [1.165, 1.54) is 11.8 Å². The van der Waals surface area contributed by atoms with Crippen molar-refractivity contribution in [3.63, 3.8) is 0 Å². The molecule has 0 heterocycles. The number of nitrogens with zero attached hydrogens (tertiary/aromatic N) is 1. The summed E-state index contributed by atoms with van der Waals surface area (Å²) in [6.45, 7) is 0. The largest absolute Gasteiger partial charge is 0.379 e. The molecule has 0 bridgehead atoms. The normalized spacial score (nSPS) is 13.3. The van der Waals surface area contributed by atoms with Crippen LogP contribution in [0.5, 0.6) is 0 Å². The van der Waals surface area contributed by atoms with Gasteiger partial charge in [0.2, 0.25) is 0 Å². The van der Waals surface area contributed by atoms with Gasteiger partial charge in [0.05, 0.1) is 0 Å². The van der Waals surface area contributed by atoms with Crippen molar-refractivity contribution in [1.29, 1.82) is 0 Å². The zero-order valence-corrected chi connectivity index (χ0v) is 13.0. The van der Waals surface area contributed by atoms with Crippen molar-refractivity contribution in [2.45, 2.75) is 6.04 Å². The zero-order chi connectivity index (χ0) is 13.7. The molecule has 0 amide bonds. The number of thioether (sulfide) groups is 1. The van der Waals surface area contributed by atoms with Crippen molar-refractivity contribution in [3.05, 3.63) is 70.2 Å². The first-order chi connectivity index (χ1) is 9.20. The average molecular weight is 335 g/mol. The van der Waals surface area contributed by atoms with E-state index in [2.05, 4.69) is 45.2 Å². The van der Waals surface area contributed by atoms with Crippen LogP contribution in [-0.4, -0.2) is 11.4 Å². The minimum absolute atomic E-state index is 0.0638. The van der Waals surface area contributed by atoms with Crippen LogP contribution in [0.3, 0.4) is 0 Å². The molecule has 0 fully saturated rings. The maximum absolute atomic E-state index is 5.89. The number of halogens is 1. The van der Waals surface area contributed by atoms with Gasteiger partial charge in [-0.2, -0.15) is 0 Å². The lowest BCUT2D eigenvalue weighted by atomic mass is 9.99. The molecule has 2 aromatic carbocycles. The molecular weight excluding hydrogens is 320 g/mol. The van der Waals surface area contributed by atoms with Crippen LogP contribution in [0.4, 0.5) is 0 Å². The van der Waals surface area contributed by atoms with Gasteiger partial charge in [0.15, 0.2) is 5.17 Å². The Morgan fingerprint density at radius 2 is 1.79 bits per heavy atom. The lowest BCUT2D eigenvalue weighted by Gasteiger charge is -2.14. The first-order valence-electron chi connectivity index (χ1n) is 5.88. The highest BCUT2D eigenvalue weighted by Gasteiger charge is 2.13. The van der Waals surface area contributed by atoms with E-state index in [0.29, 0.717) is 5.17 Å². The molecule has 0 spiro atoms. The molecular formula is C15H15BrN2S. The fourth-order valence-corrected chi connectivity index (χ4v) is 2.46. The van der Waals surface area contributed by atoms with Crippen molar-refractivity contribution in [3.8, 4) is 0 Å². The maximum atomic E-state index is 5.89. The highest BCUT2D eigenvalue weighted by Crippen LogP contribution is 2.28. The predicted octanol–water partition coefficient (Wildman–Crippen LogP) is 4.22. The fourth-order valence-electron chi connectivity index (χ4n) is 1.83. The van der Waals surface area contributed by atoms with Crippen LogP contribution in [0.2, 0.25) is 0 Å². The second kappa shape index (κ2) is 6.78. The molecule has 0 aliphatic rings. The van der Waals surface area contributed by atoms with E-state index < -0.39 is 0 Å². The van der Waals surface area contributed by atoms with Crippen LogP contribution < -0.4 is 5.73 Å². The third-order valence-corrected chi connectivity index (χ3v) is 3.76. The summed E-state index contributed by atoms with van der Waals surface area (Å²) in [6.07, 6.45) is 1.93. The number of rotatable bonds is 3. The number of hydrogen-bond acceptors (Lipinski definition) is 2. The summed E-state index contributed by atoms with van der Waals surface area (Å²) < 4.78 is 1.05. The molecule has 0 saturated carbocycles. The van der Waals surface area contributed by atoms with Crippen LogP contribution in [0.15, 0.2) is 64.1 Å². The van der Waals surface area contributed by atoms with Crippen molar-refractivity contribution in [1.82, 2.24) is 0 Å². The van der Waals surface area contributed by atoms with Crippen LogP contribution >= 0.6 is 27.7 Å². The highest BCUT2D eigenvalue weighted by molar-refractivity contribution is 9.10. The Labute approximate surface area is 126 Å². The lowest BCUT2D eigenvalue weighted by Crippen LogP contribution is -2.09. The molecule has 0 aromatic heterocycles. The molecule has 1 atom stereocenters. The number of benzene rings is 2. The van der Waals surface area contributed by atoms with Gasteiger partial charge in [-0.1, -0.05) is 70.2 Å². The third kappa shape index (κ3) is 3.85. The van der Waals surface area contributed by atoms with E-state index in [-0.39, 0.29) is 6.04 Å². The van der Waals surface area contributed by atoms with Gasteiger partial charge >= 0.3 is 0 Å². The summed E-state index contributed by atoms with van der Waals surface area (Å²) in [7, 11) is 0. The minimum atomic E-state index is -0.0638. The second-order valence-electron chi connectivity index (χ2n) is 4.04. The van der Waals surface area contributed by atoms with Gasteiger partial charge in [-0.15, -0.1) is 0 Å². The van der Waals surface area contributed by atoms with Crippen molar-refractivity contribution >= 4 is 32.9 Å². The van der Waals surface area contributed by atoms with Crippen LogP contribution in [0, 0.1) is 0 Å². The average Bonchev–Trinajstić information content (AvgIpc) is 2.45. The maximum Gasteiger partial charge on any atom is 0.154 e. The molecule has 0 saturated heterocycles. The third-order valence-electron chi connectivity index (χ3n) is 2.75. The first kappa shape index (κ1) is 14.2. The Morgan fingerprint density at radius 3 is 2.42 bits per heavy atom. The topological polar surface area (TPSA) is 38.4 Å². The summed E-state index contributed by atoms with van der Waals surface area (Å²) in [5, 5.41) is 0.592. The molecule has 0 aliphatic carbocycles. The van der Waals surface area contributed by atoms with Gasteiger partial charge in [-0.25, -0.2) is 4.99 Å². The van der Waals surface area contributed by atoms with Gasteiger partial charge in [-0.05, 0) is 29.5 Å². The smallest absolute Gasteiger partial charge is 0.154 e. The van der Waals surface area contributed by atoms with Gasteiger partial charge in [0.25, 0.3) is 0 Å². The van der Waals surface area contributed by atoms with E-state index in [1.54, 1.807) is 0 Å². The van der Waals surface area contributed by atoms with E-state index in [9.17, 15) is 0 Å². The summed E-state index contributed by atoms with van der Waals surface area (Å²) in [5.74, 6) is 0. The standard InChI is InChI=1S/C15H15BrN2S/c1-19-15(17)18-14(11-6-3-2-4-7-11)12-8-5-9-13(16)10-12/h2-10,14H,1H3,(H2,17,18). The summed E-state index contributed by atoms with van der Waals surface area (Å²) in [5.41, 5.74) is 8.15. The van der Waals surface area contributed by atoms with Gasteiger partial charge in [-0.3, -0.25) is 0 Å². The van der Waals surface area contributed by atoms with Gasteiger partial charge in [0.1, 0.15) is 6.04 Å². The number of nitrogens with two attached hydrogens (primary N) is 1. The van der Waals surface area contributed by atoms with Crippen molar-refractivity contribution in [2.24, 2.45) is 10.7 Å². The summed E-state index contributed by atoms with van der Waals surface area (Å²) in [6, 6.07) is 18.3. The SMILES string of the molecule is CSC(N)=NC(c1ccccc1)c1cccc(Br)c1. The Balaban J connectivity index is 2.46. The molecule has 4 heteroatoms. The molecule has 0 radical (unpaired) electrons. The number of hydrogen-bond donors (Lipinski definition) is 1. The van der Waals surface area contributed by atoms with E-state index >= 15 is 0 Å². The molecule has 2 aromatic rings. The van der Waals surface area contributed by atoms with Gasteiger partial charge in [0, 0.05) is 4.47 Å². The van der Waals surface area contributed by atoms with Crippen LogP contribution in [0.1, 0.15) is 17.2 Å². The fraction of sp³-hybridized carbons (Fsp3) is 0.133. The summed E-state index contributed by atoms with van der Waals surface area (Å²) in [4.78, 5) is 4.61. The molecule has 19 heavy (non-hydrogen) atoms. The molecule has 1 unspecified atom stereocenters.